The van der Waals surface area contributed by atoms with Gasteiger partial charge in [-0.1, -0.05) is 36.1 Å². The molecule has 0 aliphatic heterocycles. The largest absolute Gasteiger partial charge is 0.872 e. The first-order valence-corrected chi connectivity index (χ1v) is 11.6. The van der Waals surface area contributed by atoms with Gasteiger partial charge in [0.15, 0.2) is 5.56 Å². The maximum absolute atomic E-state index is 10.7. The molecule has 2 aromatic rings. The van der Waals surface area contributed by atoms with E-state index in [1.807, 2.05) is 0 Å². The molecule has 0 amide bonds. The van der Waals surface area contributed by atoms with E-state index in [0.29, 0.717) is 0 Å². The van der Waals surface area contributed by atoms with Crippen LogP contribution in [0.4, 0.5) is 11.4 Å². The van der Waals surface area contributed by atoms with Crippen LogP contribution in [0.3, 0.4) is 0 Å². The standard InChI is InChI=1S/2C7H6NO3.2ClH.Pt/c2*8-4-1-2-6(9)5(3-4)7(10)11;;;/h2*1-3,8-9H,(H,10,11);2*1H;/q2*-1;;;+4/p-2. The quantitative estimate of drug-likeness (QED) is 0.366. The predicted octanol–water partition coefficient (Wildman–Crippen LogP) is 4.00. The molecule has 0 aliphatic rings. The molecule has 8 nitrogen and oxygen atoms in total. The molecule has 2 aromatic carbocycles. The van der Waals surface area contributed by atoms with Crippen molar-refractivity contribution in [3.63, 3.8) is 0 Å². The molecule has 0 heterocycles. The smallest absolute Gasteiger partial charge is 0.519 e. The number of nitrogens with one attached hydrogen (secondary N) is 2. The number of hydrogen-bond acceptors (Lipinski definition) is 3. The minimum atomic E-state index is -1.29. The van der Waals surface area contributed by atoms with Crippen molar-refractivity contribution < 1.29 is 46.5 Å². The van der Waals surface area contributed by atoms with Crippen molar-refractivity contribution in [3.05, 3.63) is 59.0 Å². The second-order valence-corrected chi connectivity index (χ2v) is 7.40. The second-order valence-electron chi connectivity index (χ2n) is 4.12. The number of rotatable bonds is 2. The third-order valence-corrected chi connectivity index (χ3v) is 2.45. The van der Waals surface area contributed by atoms with Gasteiger partial charge >= 0.3 is 47.3 Å². The van der Waals surface area contributed by atoms with Crippen LogP contribution in [0.25, 0.3) is 11.5 Å². The molecule has 11 heteroatoms. The van der Waals surface area contributed by atoms with Crippen LogP contribution in [0, 0.1) is 0 Å². The number of carboxylic acid groups (broad SMARTS) is 2. The molecule has 0 aromatic heterocycles. The van der Waals surface area contributed by atoms with Crippen LogP contribution >= 0.6 is 18.8 Å². The molecular formula is C14H12Cl2N2O6Pt. The third kappa shape index (κ3) is 8.49. The van der Waals surface area contributed by atoms with E-state index in [9.17, 15) is 9.90 Å². The summed E-state index contributed by atoms with van der Waals surface area (Å²) in [7, 11) is 9.75. The summed E-state index contributed by atoms with van der Waals surface area (Å²) in [4.78, 5) is 18.8. The Labute approximate surface area is 159 Å². The molecule has 0 radical (unpaired) electrons. The fourth-order valence-electron chi connectivity index (χ4n) is 1.41. The van der Waals surface area contributed by atoms with Gasteiger partial charge in [0.1, 0.15) is 5.75 Å². The Morgan fingerprint density at radius 1 is 1.04 bits per heavy atom. The molecule has 0 spiro atoms. The van der Waals surface area contributed by atoms with Gasteiger partial charge in [0.2, 0.25) is 0 Å². The van der Waals surface area contributed by atoms with E-state index in [1.165, 1.54) is 18.2 Å². The fourth-order valence-corrected chi connectivity index (χ4v) is 1.41. The summed E-state index contributed by atoms with van der Waals surface area (Å²) in [6.45, 7) is 0. The Kier molecular flexibility index (Phi) is 10.4. The first-order valence-electron chi connectivity index (χ1n) is 6.02. The average molecular weight is 570 g/mol. The van der Waals surface area contributed by atoms with E-state index in [1.54, 1.807) is 0 Å². The number of carboxylic acids is 2. The van der Waals surface area contributed by atoms with E-state index in [-0.39, 0.29) is 28.3 Å². The van der Waals surface area contributed by atoms with E-state index in [0.717, 1.165) is 18.2 Å². The number of aromatic hydroxyl groups is 1. The number of halogens is 2. The summed E-state index contributed by atoms with van der Waals surface area (Å²) in [5.74, 6) is -3.07. The van der Waals surface area contributed by atoms with Crippen molar-refractivity contribution >= 4 is 42.1 Å². The third-order valence-electron chi connectivity index (χ3n) is 2.45. The van der Waals surface area contributed by atoms with Crippen LogP contribution < -0.4 is 5.11 Å². The van der Waals surface area contributed by atoms with Gasteiger partial charge in [-0.15, -0.1) is 11.4 Å². The topological polar surface area (TPSA) is 170 Å². The number of benzene rings is 2. The van der Waals surface area contributed by atoms with Gasteiger partial charge < -0.3 is 36.7 Å². The van der Waals surface area contributed by atoms with Crippen molar-refractivity contribution in [1.29, 1.82) is 0 Å². The molecule has 0 saturated heterocycles. The van der Waals surface area contributed by atoms with Crippen LogP contribution in [0.5, 0.6) is 11.5 Å². The van der Waals surface area contributed by atoms with Crippen molar-refractivity contribution in [2.45, 2.75) is 0 Å². The Balaban J connectivity index is 0.000000399. The van der Waals surface area contributed by atoms with Crippen molar-refractivity contribution in [3.8, 4) is 11.5 Å². The molecule has 0 saturated carbocycles. The zero-order chi connectivity index (χ0) is 19.6. The van der Waals surface area contributed by atoms with Gasteiger partial charge in [-0.2, -0.15) is 0 Å². The van der Waals surface area contributed by atoms with Crippen LogP contribution in [-0.4, -0.2) is 32.1 Å². The molecule has 0 fully saturated rings. The normalized spacial score (nSPS) is 9.20. The Morgan fingerprint density at radius 2 is 1.48 bits per heavy atom. The molecule has 6 N–H and O–H groups in total. The SMILES string of the molecule is [Cl][Pt+2][Cl].[NH-]c1ccc(O)c(C(O)=[OH+])c1.[NH-]c1ccc([O-])c(C(=O)O)c1. The second kappa shape index (κ2) is 11.4. The number of phenols is 1. The average Bonchev–Trinajstić information content (AvgIpc) is 2.53. The number of aliphatic hydroxyl groups excluding tert-OH is 1. The maximum Gasteiger partial charge on any atom is 0.519 e. The van der Waals surface area contributed by atoms with Crippen molar-refractivity contribution in [2.24, 2.45) is 0 Å². The molecule has 25 heavy (non-hydrogen) atoms. The van der Waals surface area contributed by atoms with Gasteiger partial charge in [0.05, 0.1) is 5.56 Å². The van der Waals surface area contributed by atoms with E-state index < -0.39 is 34.2 Å². The van der Waals surface area contributed by atoms with Crippen LogP contribution in [0.1, 0.15) is 15.9 Å². The minimum absolute atomic E-state index is 0.0296. The zero-order valence-electron chi connectivity index (χ0n) is 12.1. The summed E-state index contributed by atoms with van der Waals surface area (Å²) in [5, 5.41) is 36.7. The maximum atomic E-state index is 10.7. The fraction of sp³-hybridized carbons (Fsp3) is 0. The Bertz CT molecular complexity index is 684. The first-order chi connectivity index (χ1) is 11.6. The predicted molar refractivity (Wildman–Crippen MR) is 89.3 cm³/mol. The summed E-state index contributed by atoms with van der Waals surface area (Å²) in [6.07, 6.45) is 0. The van der Waals surface area contributed by atoms with Gasteiger partial charge in [-0.25, -0.2) is 4.79 Å². The van der Waals surface area contributed by atoms with E-state index in [2.05, 4.69) is 0 Å². The number of carbonyl (C=O) groups is 1. The molecular weight excluding hydrogens is 558 g/mol. The van der Waals surface area contributed by atoms with Gasteiger partial charge in [-0.05, 0) is 6.07 Å². The zero-order valence-corrected chi connectivity index (χ0v) is 15.9. The number of hydrogen-bond donors (Lipinski definition) is 3. The van der Waals surface area contributed by atoms with Crippen molar-refractivity contribution in [2.75, 3.05) is 0 Å². The van der Waals surface area contributed by atoms with Crippen LogP contribution in [0.15, 0.2) is 36.4 Å². The molecule has 0 atom stereocenters. The Morgan fingerprint density at radius 3 is 1.84 bits per heavy atom. The van der Waals surface area contributed by atoms with Crippen LogP contribution in [-0.2, 0) is 16.5 Å². The summed E-state index contributed by atoms with van der Waals surface area (Å²) in [6, 6.07) is 7.10. The van der Waals surface area contributed by atoms with Gasteiger partial charge in [0.25, 0.3) is 0 Å². The molecule has 0 unspecified atom stereocenters. The summed E-state index contributed by atoms with van der Waals surface area (Å²) in [5.41, 5.74) is 13.8. The molecule has 138 valence electrons. The Hall–Kier alpha value is -2.15. The molecule has 0 aliphatic carbocycles. The first kappa shape index (κ1) is 22.8. The monoisotopic (exact) mass is 569 g/mol. The van der Waals surface area contributed by atoms with Crippen LogP contribution in [0.2, 0.25) is 0 Å². The molecule has 0 bridgehead atoms. The number of aromatic carboxylic acids is 2. The van der Waals surface area contributed by atoms with E-state index in [4.69, 9.17) is 50.4 Å². The van der Waals surface area contributed by atoms with Gasteiger partial charge in [-0.3, -0.25) is 0 Å². The minimum Gasteiger partial charge on any atom is -0.872 e. The van der Waals surface area contributed by atoms with E-state index >= 15 is 0 Å². The molecule has 2 rings (SSSR count). The summed E-state index contributed by atoms with van der Waals surface area (Å²) >= 11 is -0.472. The van der Waals surface area contributed by atoms with Gasteiger partial charge in [0, 0.05) is 0 Å². The summed E-state index contributed by atoms with van der Waals surface area (Å²) < 4.78 is 0. The van der Waals surface area contributed by atoms with Crippen molar-refractivity contribution in [1.82, 2.24) is 0 Å².